The minimum Gasteiger partial charge on any atom is -0.497 e. The smallest absolute Gasteiger partial charge is 0.339 e. The molecule has 0 aromatic heterocycles. The zero-order chi connectivity index (χ0) is 38.8. The lowest BCUT2D eigenvalue weighted by atomic mass is 10.2. The minimum absolute atomic E-state index is 0.0663. The zero-order valence-corrected chi connectivity index (χ0v) is 28.6. The van der Waals surface area contributed by atoms with Gasteiger partial charge < -0.3 is 40.8 Å². The quantitative estimate of drug-likeness (QED) is 0.0421. The van der Waals surface area contributed by atoms with E-state index in [0.29, 0.717) is 11.4 Å². The highest BCUT2D eigenvalue weighted by atomic mass is 32.2. The standard InChI is InChI=1S/C34H28N8O11S/c1-52-24-15-10-21(11-16-24)35-32(43)36-22-12-17-25(18-13-22)54(50,51)53-31-20-23(37-33(44)38-26-6-2-4-8-29(26)41(46)47)14-19-28(31)40-34(45)39-27-7-3-5-9-30(27)42(48)49/h2-20H,1H3,(H2,35,36,43)(H2,37,38,44)(H2,39,40,45). The average molecular weight is 757 g/mol. The van der Waals surface area contributed by atoms with Gasteiger partial charge in [0.25, 0.3) is 11.4 Å². The molecule has 0 fully saturated rings. The van der Waals surface area contributed by atoms with E-state index < -0.39 is 49.5 Å². The Bertz CT molecular complexity index is 2340. The fourth-order valence-electron chi connectivity index (χ4n) is 4.65. The van der Waals surface area contributed by atoms with Crippen LogP contribution >= 0.6 is 0 Å². The molecule has 0 radical (unpaired) electrons. The summed E-state index contributed by atoms with van der Waals surface area (Å²) >= 11 is 0. The molecule has 54 heavy (non-hydrogen) atoms. The number of anilines is 6. The molecule has 0 aliphatic carbocycles. The van der Waals surface area contributed by atoms with Crippen LogP contribution in [0.1, 0.15) is 0 Å². The lowest BCUT2D eigenvalue weighted by molar-refractivity contribution is -0.384. The third-order valence-corrected chi connectivity index (χ3v) is 8.38. The normalized spacial score (nSPS) is 10.6. The van der Waals surface area contributed by atoms with Crippen molar-refractivity contribution in [3.8, 4) is 11.5 Å². The predicted octanol–water partition coefficient (Wildman–Crippen LogP) is 7.21. The number of hydrogen-bond acceptors (Lipinski definition) is 11. The van der Waals surface area contributed by atoms with Crippen molar-refractivity contribution >= 4 is 73.7 Å². The van der Waals surface area contributed by atoms with Gasteiger partial charge >= 0.3 is 28.2 Å². The molecule has 5 aromatic rings. The number of nitrogens with zero attached hydrogens (tertiary/aromatic N) is 2. The maximum absolute atomic E-state index is 13.5. The first kappa shape index (κ1) is 37.5. The highest BCUT2D eigenvalue weighted by Crippen LogP contribution is 2.33. The molecule has 0 heterocycles. The van der Waals surface area contributed by atoms with E-state index in [1.807, 2.05) is 0 Å². The van der Waals surface area contributed by atoms with E-state index in [-0.39, 0.29) is 39.0 Å². The number of nitro groups is 2. The summed E-state index contributed by atoms with van der Waals surface area (Å²) in [7, 11) is -3.16. The average Bonchev–Trinajstić information content (AvgIpc) is 3.13. The predicted molar refractivity (Wildman–Crippen MR) is 198 cm³/mol. The van der Waals surface area contributed by atoms with Crippen LogP contribution in [0.4, 0.5) is 59.9 Å². The largest absolute Gasteiger partial charge is 0.497 e. The molecule has 276 valence electrons. The van der Waals surface area contributed by atoms with Crippen molar-refractivity contribution in [2.24, 2.45) is 0 Å². The number of nitro benzene ring substituents is 2. The molecule has 0 spiro atoms. The lowest BCUT2D eigenvalue weighted by Crippen LogP contribution is -2.22. The van der Waals surface area contributed by atoms with Crippen molar-refractivity contribution in [1.82, 2.24) is 0 Å². The van der Waals surface area contributed by atoms with Gasteiger partial charge in [-0.15, -0.1) is 0 Å². The molecule has 0 bridgehead atoms. The molecule has 0 atom stereocenters. The van der Waals surface area contributed by atoms with Crippen LogP contribution in [0.15, 0.2) is 120 Å². The number of carbonyl (C=O) groups excluding carboxylic acids is 3. The number of nitrogens with one attached hydrogen (secondary N) is 6. The molecule has 5 rings (SSSR count). The van der Waals surface area contributed by atoms with Crippen LogP contribution in [0.5, 0.6) is 11.5 Å². The Labute approximate surface area is 305 Å². The monoisotopic (exact) mass is 756 g/mol. The molecule has 6 amide bonds. The van der Waals surface area contributed by atoms with Gasteiger partial charge in [-0.1, -0.05) is 24.3 Å². The second-order valence-corrected chi connectivity index (χ2v) is 12.3. The number of urea groups is 3. The van der Waals surface area contributed by atoms with E-state index in [4.69, 9.17) is 8.92 Å². The molecular formula is C34H28N8O11S. The van der Waals surface area contributed by atoms with E-state index in [0.717, 1.165) is 18.2 Å². The van der Waals surface area contributed by atoms with Gasteiger partial charge in [0.2, 0.25) is 0 Å². The van der Waals surface area contributed by atoms with Crippen LogP contribution in [0.2, 0.25) is 0 Å². The van der Waals surface area contributed by atoms with Gasteiger partial charge in [0.1, 0.15) is 22.0 Å². The van der Waals surface area contributed by atoms with Crippen LogP contribution in [0.3, 0.4) is 0 Å². The van der Waals surface area contributed by atoms with E-state index in [1.165, 1.54) is 79.9 Å². The van der Waals surface area contributed by atoms with Gasteiger partial charge in [-0.05, 0) is 72.8 Å². The summed E-state index contributed by atoms with van der Waals surface area (Å²) in [6.45, 7) is 0. The van der Waals surface area contributed by atoms with Crippen LogP contribution in [-0.4, -0.2) is 43.5 Å². The third kappa shape index (κ3) is 9.73. The Morgan fingerprint density at radius 2 is 0.981 bits per heavy atom. The number of carbonyl (C=O) groups is 3. The summed E-state index contributed by atoms with van der Waals surface area (Å²) in [5.74, 6) is 0.0896. The van der Waals surface area contributed by atoms with Crippen molar-refractivity contribution < 1.29 is 41.6 Å². The first-order chi connectivity index (χ1) is 25.8. The fraction of sp³-hybridized carbons (Fsp3) is 0.0294. The van der Waals surface area contributed by atoms with Gasteiger partial charge in [0.15, 0.2) is 5.75 Å². The van der Waals surface area contributed by atoms with Crippen LogP contribution in [0, 0.1) is 20.2 Å². The van der Waals surface area contributed by atoms with Gasteiger partial charge in [-0.25, -0.2) is 14.4 Å². The number of para-hydroxylation sites is 4. The molecule has 0 saturated heterocycles. The Hall–Kier alpha value is -7.74. The topological polar surface area (TPSA) is 262 Å². The van der Waals surface area contributed by atoms with Crippen LogP contribution in [0.25, 0.3) is 0 Å². The van der Waals surface area contributed by atoms with Crippen molar-refractivity contribution in [3.63, 3.8) is 0 Å². The van der Waals surface area contributed by atoms with Crippen molar-refractivity contribution in [1.29, 1.82) is 0 Å². The number of hydrogen-bond donors (Lipinski definition) is 6. The summed E-state index contributed by atoms with van der Waals surface area (Å²) < 4.78 is 37.4. The van der Waals surface area contributed by atoms with Crippen molar-refractivity contribution in [2.45, 2.75) is 4.90 Å². The minimum atomic E-state index is -4.66. The SMILES string of the molecule is COc1ccc(NC(=O)Nc2ccc(S(=O)(=O)Oc3cc(NC(=O)Nc4ccccc4[N+](=O)[O-])ccc3NC(=O)Nc3ccccc3[N+](=O)[O-])cc2)cc1. The lowest BCUT2D eigenvalue weighted by Gasteiger charge is -2.15. The third-order valence-electron chi connectivity index (χ3n) is 7.13. The van der Waals surface area contributed by atoms with Crippen LogP contribution in [-0.2, 0) is 10.1 Å². The molecule has 0 aliphatic rings. The summed E-state index contributed by atoms with van der Waals surface area (Å²) in [5.41, 5.74) is -0.692. The first-order valence-electron chi connectivity index (χ1n) is 15.3. The van der Waals surface area contributed by atoms with Gasteiger partial charge in [-0.3, -0.25) is 20.2 Å². The zero-order valence-electron chi connectivity index (χ0n) is 27.8. The van der Waals surface area contributed by atoms with Crippen molar-refractivity contribution in [2.75, 3.05) is 39.0 Å². The molecule has 20 heteroatoms. The number of ether oxygens (including phenoxy) is 1. The maximum Gasteiger partial charge on any atom is 0.339 e. The Morgan fingerprint density at radius 3 is 1.50 bits per heavy atom. The maximum atomic E-state index is 13.5. The van der Waals surface area contributed by atoms with E-state index in [2.05, 4.69) is 31.9 Å². The second kappa shape index (κ2) is 16.5. The molecule has 0 unspecified atom stereocenters. The van der Waals surface area contributed by atoms with Gasteiger partial charge in [0.05, 0.1) is 22.6 Å². The summed E-state index contributed by atoms with van der Waals surface area (Å²) in [4.78, 5) is 59.2. The second-order valence-electron chi connectivity index (χ2n) is 10.8. The van der Waals surface area contributed by atoms with E-state index >= 15 is 0 Å². The number of methoxy groups -OCH3 is 1. The number of amides is 6. The Morgan fingerprint density at radius 1 is 0.556 bits per heavy atom. The van der Waals surface area contributed by atoms with Gasteiger partial charge in [0, 0.05) is 35.3 Å². The fourth-order valence-corrected chi connectivity index (χ4v) is 5.59. The van der Waals surface area contributed by atoms with Gasteiger partial charge in [-0.2, -0.15) is 8.42 Å². The summed E-state index contributed by atoms with van der Waals surface area (Å²) in [5, 5.41) is 37.4. The molecular weight excluding hydrogens is 728 g/mol. The molecule has 6 N–H and O–H groups in total. The highest BCUT2D eigenvalue weighted by Gasteiger charge is 2.22. The molecule has 5 aromatic carbocycles. The first-order valence-corrected chi connectivity index (χ1v) is 16.8. The molecule has 19 nitrogen and oxygen atoms in total. The van der Waals surface area contributed by atoms with Crippen molar-refractivity contribution in [3.05, 3.63) is 135 Å². The number of rotatable bonds is 12. The number of benzene rings is 5. The molecule has 0 aliphatic heterocycles. The Balaban J connectivity index is 1.35. The summed E-state index contributed by atoms with van der Waals surface area (Å²) in [6.07, 6.45) is 0. The molecule has 0 saturated carbocycles. The Kier molecular flexibility index (Phi) is 11.5. The van der Waals surface area contributed by atoms with E-state index in [9.17, 15) is 43.0 Å². The summed E-state index contributed by atoms with van der Waals surface area (Å²) in [6, 6.07) is 23.0. The van der Waals surface area contributed by atoms with Crippen LogP contribution < -0.4 is 40.8 Å². The van der Waals surface area contributed by atoms with E-state index in [1.54, 1.807) is 24.3 Å². The highest BCUT2D eigenvalue weighted by molar-refractivity contribution is 7.87.